The highest BCUT2D eigenvalue weighted by atomic mass is 16.5. The van der Waals surface area contributed by atoms with Crippen LogP contribution in [0.1, 0.15) is 17.5 Å². The van der Waals surface area contributed by atoms with Gasteiger partial charge in [-0.05, 0) is 33.0 Å². The highest BCUT2D eigenvalue weighted by molar-refractivity contribution is 5.53. The third-order valence-electron chi connectivity index (χ3n) is 3.96. The number of methoxy groups -OCH3 is 2. The fourth-order valence-electron chi connectivity index (χ4n) is 2.72. The number of hydrogen-bond acceptors (Lipinski definition) is 4. The smallest absolute Gasteiger partial charge is 0.129 e. The average molecular weight is 265 g/mol. The molecule has 0 unspecified atom stereocenters. The first-order valence-electron chi connectivity index (χ1n) is 6.63. The fourth-order valence-corrected chi connectivity index (χ4v) is 2.72. The van der Waals surface area contributed by atoms with Gasteiger partial charge in [-0.3, -0.25) is 0 Å². The maximum Gasteiger partial charge on any atom is 0.129 e. The van der Waals surface area contributed by atoms with Crippen molar-refractivity contribution in [1.82, 2.24) is 5.32 Å². The van der Waals surface area contributed by atoms with Crippen molar-refractivity contribution >= 4 is 0 Å². The number of benzene rings is 1. The van der Waals surface area contributed by atoms with E-state index in [1.54, 1.807) is 14.2 Å². The summed E-state index contributed by atoms with van der Waals surface area (Å²) >= 11 is 0. The minimum atomic E-state index is 0.0748. The Kier molecular flexibility index (Phi) is 4.32. The molecule has 1 aromatic rings. The van der Waals surface area contributed by atoms with Gasteiger partial charge in [0.05, 0.1) is 27.4 Å². The van der Waals surface area contributed by atoms with E-state index < -0.39 is 0 Å². The molecule has 4 nitrogen and oxygen atoms in total. The van der Waals surface area contributed by atoms with Crippen LogP contribution in [0, 0.1) is 6.92 Å². The molecule has 1 N–H and O–H groups in total. The highest BCUT2D eigenvalue weighted by Gasteiger charge is 2.42. The lowest BCUT2D eigenvalue weighted by Gasteiger charge is -2.43. The van der Waals surface area contributed by atoms with E-state index in [1.807, 2.05) is 20.0 Å². The van der Waals surface area contributed by atoms with Gasteiger partial charge in [-0.25, -0.2) is 0 Å². The molecule has 106 valence electrons. The maximum atomic E-state index is 5.62. The predicted molar refractivity (Wildman–Crippen MR) is 75.3 cm³/mol. The largest absolute Gasteiger partial charge is 0.496 e. The van der Waals surface area contributed by atoms with E-state index >= 15 is 0 Å². The van der Waals surface area contributed by atoms with Crippen LogP contribution in [-0.4, -0.2) is 41.0 Å². The number of nitrogens with one attached hydrogen (secondary N) is 1. The second kappa shape index (κ2) is 5.80. The van der Waals surface area contributed by atoms with Crippen LogP contribution in [0.2, 0.25) is 0 Å². The Hall–Kier alpha value is -1.26. The second-order valence-corrected chi connectivity index (χ2v) is 5.10. The van der Waals surface area contributed by atoms with Crippen molar-refractivity contribution in [2.24, 2.45) is 0 Å². The summed E-state index contributed by atoms with van der Waals surface area (Å²) in [4.78, 5) is 0. The summed E-state index contributed by atoms with van der Waals surface area (Å²) < 4.78 is 16.5. The van der Waals surface area contributed by atoms with Gasteiger partial charge in [-0.15, -0.1) is 0 Å². The zero-order valence-corrected chi connectivity index (χ0v) is 12.2. The zero-order chi connectivity index (χ0) is 13.9. The first-order valence-corrected chi connectivity index (χ1v) is 6.63. The van der Waals surface area contributed by atoms with Crippen molar-refractivity contribution in [2.75, 3.05) is 41.0 Å². The third kappa shape index (κ3) is 2.42. The molecule has 1 saturated heterocycles. The molecule has 0 atom stereocenters. The van der Waals surface area contributed by atoms with Crippen molar-refractivity contribution < 1.29 is 14.2 Å². The molecule has 0 radical (unpaired) electrons. The summed E-state index contributed by atoms with van der Waals surface area (Å²) in [7, 11) is 5.38. The summed E-state index contributed by atoms with van der Waals surface area (Å²) in [6.07, 6.45) is 1.05. The molecular weight excluding hydrogens is 242 g/mol. The van der Waals surface area contributed by atoms with Crippen LogP contribution in [0.5, 0.6) is 11.5 Å². The lowest BCUT2D eigenvalue weighted by atomic mass is 9.74. The quantitative estimate of drug-likeness (QED) is 0.852. The van der Waals surface area contributed by atoms with Gasteiger partial charge in [0.25, 0.3) is 0 Å². The lowest BCUT2D eigenvalue weighted by molar-refractivity contribution is -0.0647. The van der Waals surface area contributed by atoms with Crippen LogP contribution in [0.25, 0.3) is 0 Å². The molecule has 0 aliphatic carbocycles. The minimum Gasteiger partial charge on any atom is -0.496 e. The van der Waals surface area contributed by atoms with Gasteiger partial charge >= 0.3 is 0 Å². The van der Waals surface area contributed by atoms with Crippen LogP contribution in [0.15, 0.2) is 12.1 Å². The van der Waals surface area contributed by atoms with E-state index in [0.29, 0.717) is 0 Å². The minimum absolute atomic E-state index is 0.0748. The summed E-state index contributed by atoms with van der Waals surface area (Å²) in [5, 5.41) is 3.21. The molecule has 19 heavy (non-hydrogen) atoms. The molecule has 0 aromatic heterocycles. The van der Waals surface area contributed by atoms with Crippen LogP contribution < -0.4 is 14.8 Å². The van der Waals surface area contributed by atoms with Crippen LogP contribution in [0.3, 0.4) is 0 Å². The summed E-state index contributed by atoms with van der Waals surface area (Å²) in [5.41, 5.74) is 2.36. The van der Waals surface area contributed by atoms with Gasteiger partial charge in [-0.1, -0.05) is 6.07 Å². The number of hydrogen-bond donors (Lipinski definition) is 1. The standard InChI is InChI=1S/C15H23NO3/c1-11-13(17-3)6-5-12(14(11)18-4)15(7-8-16-2)9-19-10-15/h5-6,16H,7-10H2,1-4H3. The zero-order valence-electron chi connectivity index (χ0n) is 12.2. The van der Waals surface area contributed by atoms with Crippen molar-refractivity contribution in [3.05, 3.63) is 23.3 Å². The van der Waals surface area contributed by atoms with Crippen LogP contribution >= 0.6 is 0 Å². The highest BCUT2D eigenvalue weighted by Crippen LogP contribution is 2.43. The normalized spacial score (nSPS) is 16.8. The molecule has 1 aliphatic heterocycles. The predicted octanol–water partition coefficient (Wildman–Crippen LogP) is 1.89. The molecule has 2 rings (SSSR count). The summed E-state index contributed by atoms with van der Waals surface area (Å²) in [6.45, 7) is 4.53. The van der Waals surface area contributed by atoms with Crippen molar-refractivity contribution in [3.63, 3.8) is 0 Å². The lowest BCUT2D eigenvalue weighted by Crippen LogP contribution is -2.48. The molecule has 0 saturated carbocycles. The van der Waals surface area contributed by atoms with Gasteiger partial charge in [0.15, 0.2) is 0 Å². The van der Waals surface area contributed by atoms with Crippen LogP contribution in [-0.2, 0) is 10.2 Å². The molecular formula is C15H23NO3. The summed E-state index contributed by atoms with van der Waals surface area (Å²) in [5.74, 6) is 1.79. The van der Waals surface area contributed by atoms with Crippen molar-refractivity contribution in [1.29, 1.82) is 0 Å². The third-order valence-corrected chi connectivity index (χ3v) is 3.96. The molecule has 0 bridgehead atoms. The summed E-state index contributed by atoms with van der Waals surface area (Å²) in [6, 6.07) is 4.13. The van der Waals surface area contributed by atoms with E-state index in [1.165, 1.54) is 5.56 Å². The molecule has 4 heteroatoms. The second-order valence-electron chi connectivity index (χ2n) is 5.10. The molecule has 0 amide bonds. The van der Waals surface area contributed by atoms with E-state index in [0.717, 1.165) is 43.2 Å². The van der Waals surface area contributed by atoms with Crippen molar-refractivity contribution in [2.45, 2.75) is 18.8 Å². The Bertz CT molecular complexity index is 441. The number of ether oxygens (including phenoxy) is 3. The topological polar surface area (TPSA) is 39.7 Å². The van der Waals surface area contributed by atoms with E-state index in [4.69, 9.17) is 14.2 Å². The Morgan fingerprint density at radius 1 is 1.26 bits per heavy atom. The Labute approximate surface area is 115 Å². The number of rotatable bonds is 6. The SMILES string of the molecule is CNCCC1(c2ccc(OC)c(C)c2OC)COC1. The molecule has 1 aromatic carbocycles. The van der Waals surface area contributed by atoms with Gasteiger partial charge in [0.2, 0.25) is 0 Å². The molecule has 1 fully saturated rings. The first kappa shape index (κ1) is 14.2. The van der Waals surface area contributed by atoms with E-state index in [2.05, 4.69) is 11.4 Å². The van der Waals surface area contributed by atoms with Gasteiger partial charge in [-0.2, -0.15) is 0 Å². The fraction of sp³-hybridized carbons (Fsp3) is 0.600. The van der Waals surface area contributed by atoms with E-state index in [-0.39, 0.29) is 5.41 Å². The molecule has 1 heterocycles. The van der Waals surface area contributed by atoms with E-state index in [9.17, 15) is 0 Å². The van der Waals surface area contributed by atoms with Gasteiger partial charge < -0.3 is 19.5 Å². The maximum absolute atomic E-state index is 5.62. The van der Waals surface area contributed by atoms with Gasteiger partial charge in [0.1, 0.15) is 11.5 Å². The van der Waals surface area contributed by atoms with Crippen LogP contribution in [0.4, 0.5) is 0 Å². The first-order chi connectivity index (χ1) is 9.18. The Morgan fingerprint density at radius 3 is 2.47 bits per heavy atom. The Morgan fingerprint density at radius 2 is 2.00 bits per heavy atom. The van der Waals surface area contributed by atoms with Gasteiger partial charge in [0, 0.05) is 16.5 Å². The Balaban J connectivity index is 2.40. The average Bonchev–Trinajstić information content (AvgIpc) is 2.38. The van der Waals surface area contributed by atoms with Crippen molar-refractivity contribution in [3.8, 4) is 11.5 Å². The molecule has 0 spiro atoms. The molecule has 1 aliphatic rings. The monoisotopic (exact) mass is 265 g/mol.